The van der Waals surface area contributed by atoms with Crippen molar-refractivity contribution in [3.8, 4) is 6.07 Å². The summed E-state index contributed by atoms with van der Waals surface area (Å²) in [7, 11) is 1.59. The number of carbonyl (C=O) groups excluding carboxylic acids is 1. The van der Waals surface area contributed by atoms with Crippen LogP contribution in [0.3, 0.4) is 0 Å². The molecule has 0 saturated carbocycles. The largest absolute Gasteiger partial charge is 0.367 e. The van der Waals surface area contributed by atoms with Crippen molar-refractivity contribution in [3.63, 3.8) is 0 Å². The van der Waals surface area contributed by atoms with Crippen molar-refractivity contribution in [1.29, 1.82) is 5.26 Å². The van der Waals surface area contributed by atoms with Gasteiger partial charge in [0.2, 0.25) is 0 Å². The molecule has 2 heterocycles. The maximum absolute atomic E-state index is 13.3. The zero-order chi connectivity index (χ0) is 25.1. The number of benzene rings is 2. The van der Waals surface area contributed by atoms with Crippen LogP contribution in [0, 0.1) is 24.1 Å². The number of anilines is 1. The summed E-state index contributed by atoms with van der Waals surface area (Å²) in [6, 6.07) is 17.6. The van der Waals surface area contributed by atoms with Crippen molar-refractivity contribution < 1.29 is 9.18 Å². The van der Waals surface area contributed by atoms with Crippen molar-refractivity contribution in [1.82, 2.24) is 9.47 Å². The molecule has 35 heavy (non-hydrogen) atoms. The van der Waals surface area contributed by atoms with E-state index in [-0.39, 0.29) is 23.8 Å². The number of nitriles is 1. The lowest BCUT2D eigenvalue weighted by atomic mass is 10.0. The highest BCUT2D eigenvalue weighted by Gasteiger charge is 2.32. The third-order valence-corrected chi connectivity index (χ3v) is 7.08. The van der Waals surface area contributed by atoms with Gasteiger partial charge in [0.05, 0.1) is 11.4 Å². The standard InChI is InChI=1S/C26H21FN4O2S2/c1-16-20(12-22-25(33)31(26(34)35-22)15-18-8-10-19(27)11-9-18)23(30(2)24(32)21(16)13-28)29-14-17-6-4-3-5-7-17/h3-12,29H,14-15H2,1-2H3/b22-12+. The first-order valence-corrected chi connectivity index (χ1v) is 11.9. The van der Waals surface area contributed by atoms with Crippen LogP contribution in [0.1, 0.15) is 27.8 Å². The average Bonchev–Trinajstić information content (AvgIpc) is 3.12. The van der Waals surface area contributed by atoms with Crippen LogP contribution in [0.5, 0.6) is 0 Å². The van der Waals surface area contributed by atoms with E-state index >= 15 is 0 Å². The summed E-state index contributed by atoms with van der Waals surface area (Å²) in [5, 5.41) is 12.9. The molecule has 9 heteroatoms. The molecule has 0 unspecified atom stereocenters. The quantitative estimate of drug-likeness (QED) is 0.387. The molecule has 4 rings (SSSR count). The second-order valence-corrected chi connectivity index (χ2v) is 9.65. The van der Waals surface area contributed by atoms with Gasteiger partial charge >= 0.3 is 0 Å². The van der Waals surface area contributed by atoms with E-state index in [1.807, 2.05) is 36.4 Å². The number of hydrogen-bond donors (Lipinski definition) is 1. The molecule has 1 N–H and O–H groups in total. The first-order chi connectivity index (χ1) is 16.8. The number of halogens is 1. The van der Waals surface area contributed by atoms with Crippen LogP contribution in [0.4, 0.5) is 10.2 Å². The average molecular weight is 505 g/mol. The topological polar surface area (TPSA) is 78.1 Å². The molecular weight excluding hydrogens is 483 g/mol. The van der Waals surface area contributed by atoms with E-state index < -0.39 is 5.56 Å². The van der Waals surface area contributed by atoms with Crippen LogP contribution in [-0.4, -0.2) is 19.7 Å². The molecule has 0 spiro atoms. The van der Waals surface area contributed by atoms with E-state index in [4.69, 9.17) is 12.2 Å². The summed E-state index contributed by atoms with van der Waals surface area (Å²) in [5.74, 6) is -0.141. The van der Waals surface area contributed by atoms with Gasteiger partial charge in [-0.1, -0.05) is 66.4 Å². The Morgan fingerprint density at radius 2 is 1.80 bits per heavy atom. The fourth-order valence-corrected chi connectivity index (χ4v) is 5.00. The maximum Gasteiger partial charge on any atom is 0.270 e. The number of carbonyl (C=O) groups is 1. The van der Waals surface area contributed by atoms with E-state index in [9.17, 15) is 19.2 Å². The van der Waals surface area contributed by atoms with Gasteiger partial charge in [-0.25, -0.2) is 4.39 Å². The number of amides is 1. The molecule has 6 nitrogen and oxygen atoms in total. The highest BCUT2D eigenvalue weighted by molar-refractivity contribution is 8.26. The maximum atomic E-state index is 13.3. The van der Waals surface area contributed by atoms with Crippen molar-refractivity contribution in [2.24, 2.45) is 7.05 Å². The number of thiocarbonyl (C=S) groups is 1. The van der Waals surface area contributed by atoms with Gasteiger partial charge in [-0.2, -0.15) is 5.26 Å². The number of thioether (sulfide) groups is 1. The van der Waals surface area contributed by atoms with Crippen LogP contribution < -0.4 is 10.9 Å². The number of nitrogens with one attached hydrogen (secondary N) is 1. The van der Waals surface area contributed by atoms with E-state index in [1.54, 1.807) is 32.2 Å². The number of pyridine rings is 1. The highest BCUT2D eigenvalue weighted by atomic mass is 32.2. The third-order valence-electron chi connectivity index (χ3n) is 5.71. The fourth-order valence-electron chi connectivity index (χ4n) is 3.77. The SMILES string of the molecule is Cc1c(/C=C2/SC(=S)N(Cc3ccc(F)cc3)C2=O)c(NCc2ccccc2)n(C)c(=O)c1C#N. The smallest absolute Gasteiger partial charge is 0.270 e. The van der Waals surface area contributed by atoms with Crippen molar-refractivity contribution >= 4 is 46.1 Å². The summed E-state index contributed by atoms with van der Waals surface area (Å²) in [6.45, 7) is 2.36. The van der Waals surface area contributed by atoms with Gasteiger partial charge in [0.1, 0.15) is 27.6 Å². The lowest BCUT2D eigenvalue weighted by molar-refractivity contribution is -0.122. The lowest BCUT2D eigenvalue weighted by Gasteiger charge is -2.18. The molecule has 2 aromatic carbocycles. The van der Waals surface area contributed by atoms with E-state index in [2.05, 4.69) is 5.32 Å². The van der Waals surface area contributed by atoms with Gasteiger partial charge in [0, 0.05) is 19.2 Å². The second kappa shape index (κ2) is 10.3. The monoisotopic (exact) mass is 504 g/mol. The molecule has 3 aromatic rings. The Labute approximate surface area is 211 Å². The Kier molecular flexibility index (Phi) is 7.15. The Morgan fingerprint density at radius 3 is 2.46 bits per heavy atom. The van der Waals surface area contributed by atoms with Gasteiger partial charge in [-0.05, 0) is 41.8 Å². The Hall–Kier alpha value is -3.74. The van der Waals surface area contributed by atoms with E-state index in [0.717, 1.165) is 22.9 Å². The molecule has 1 aliphatic heterocycles. The Bertz CT molecular complexity index is 1440. The summed E-state index contributed by atoms with van der Waals surface area (Å²) < 4.78 is 15.0. The van der Waals surface area contributed by atoms with E-state index in [1.165, 1.54) is 21.6 Å². The Balaban J connectivity index is 1.72. The first kappa shape index (κ1) is 24.4. The molecule has 176 valence electrons. The predicted octanol–water partition coefficient (Wildman–Crippen LogP) is 4.72. The minimum absolute atomic E-state index is 0.0193. The van der Waals surface area contributed by atoms with Crippen LogP contribution >= 0.6 is 24.0 Å². The number of rotatable bonds is 6. The number of aromatic nitrogens is 1. The molecule has 0 bridgehead atoms. The van der Waals surface area contributed by atoms with Gasteiger partial charge in [0.25, 0.3) is 11.5 Å². The van der Waals surface area contributed by atoms with Gasteiger partial charge in [-0.15, -0.1) is 0 Å². The molecule has 1 saturated heterocycles. The van der Waals surface area contributed by atoms with Crippen molar-refractivity contribution in [3.05, 3.63) is 103 Å². The molecular formula is C26H21FN4O2S2. The van der Waals surface area contributed by atoms with Crippen LogP contribution in [0.25, 0.3) is 6.08 Å². The normalized spacial score (nSPS) is 14.5. The van der Waals surface area contributed by atoms with Crippen molar-refractivity contribution in [2.75, 3.05) is 5.32 Å². The van der Waals surface area contributed by atoms with Crippen LogP contribution in [0.15, 0.2) is 64.3 Å². The lowest BCUT2D eigenvalue weighted by Crippen LogP contribution is -2.27. The van der Waals surface area contributed by atoms with Gasteiger partial charge < -0.3 is 5.32 Å². The van der Waals surface area contributed by atoms with Gasteiger partial charge in [-0.3, -0.25) is 19.1 Å². The molecule has 1 amide bonds. The minimum Gasteiger partial charge on any atom is -0.367 e. The first-order valence-electron chi connectivity index (χ1n) is 10.7. The predicted molar refractivity (Wildman–Crippen MR) is 140 cm³/mol. The second-order valence-electron chi connectivity index (χ2n) is 7.97. The minimum atomic E-state index is -0.415. The molecule has 1 fully saturated rings. The molecule has 1 aromatic heterocycles. The summed E-state index contributed by atoms with van der Waals surface area (Å²) in [4.78, 5) is 27.8. The van der Waals surface area contributed by atoms with Crippen molar-refractivity contribution in [2.45, 2.75) is 20.0 Å². The zero-order valence-corrected chi connectivity index (χ0v) is 20.7. The van der Waals surface area contributed by atoms with Gasteiger partial charge in [0.15, 0.2) is 0 Å². The van der Waals surface area contributed by atoms with Crippen LogP contribution in [-0.2, 0) is 24.9 Å². The summed E-state index contributed by atoms with van der Waals surface area (Å²) in [5.41, 5.74) is 2.42. The molecule has 1 aliphatic rings. The molecule has 0 atom stereocenters. The number of hydrogen-bond acceptors (Lipinski definition) is 6. The number of nitrogens with zero attached hydrogens (tertiary/aromatic N) is 3. The summed E-state index contributed by atoms with van der Waals surface area (Å²) >= 11 is 6.59. The zero-order valence-electron chi connectivity index (χ0n) is 19.0. The molecule has 0 aliphatic carbocycles. The Morgan fingerprint density at radius 1 is 1.11 bits per heavy atom. The fraction of sp³-hybridized carbons (Fsp3) is 0.154. The summed E-state index contributed by atoms with van der Waals surface area (Å²) in [6.07, 6.45) is 1.67. The molecule has 0 radical (unpaired) electrons. The third kappa shape index (κ3) is 5.04. The van der Waals surface area contributed by atoms with Crippen LogP contribution in [0.2, 0.25) is 0 Å². The van der Waals surface area contributed by atoms with E-state index in [0.29, 0.717) is 32.7 Å². The highest BCUT2D eigenvalue weighted by Crippen LogP contribution is 2.35.